The van der Waals surface area contributed by atoms with Crippen molar-refractivity contribution in [3.63, 3.8) is 0 Å². The van der Waals surface area contributed by atoms with E-state index in [2.05, 4.69) is 4.74 Å². The fourth-order valence-corrected chi connectivity index (χ4v) is 3.89. The van der Waals surface area contributed by atoms with Gasteiger partial charge in [-0.05, 0) is 64.7 Å². The monoisotopic (exact) mass is 486 g/mol. The van der Waals surface area contributed by atoms with Crippen molar-refractivity contribution in [2.75, 3.05) is 0 Å². The van der Waals surface area contributed by atoms with Gasteiger partial charge in [-0.1, -0.05) is 84.9 Å². The summed E-state index contributed by atoms with van der Waals surface area (Å²) < 4.78 is 10.3. The summed E-state index contributed by atoms with van der Waals surface area (Å²) in [5.41, 5.74) is 5.01. The fourth-order valence-electron chi connectivity index (χ4n) is 3.89. The molecule has 0 atom stereocenters. The van der Waals surface area contributed by atoms with Gasteiger partial charge in [-0.2, -0.15) is 0 Å². The van der Waals surface area contributed by atoms with Gasteiger partial charge >= 0.3 is 11.9 Å². The second-order valence-corrected chi connectivity index (χ2v) is 8.29. The number of phenols is 1. The molecule has 37 heavy (non-hydrogen) atoms. The number of rotatable bonds is 4. The average Bonchev–Trinajstić information content (AvgIpc) is 3.23. The lowest BCUT2D eigenvalue weighted by atomic mass is 10.1. The number of carbonyl (C=O) groups is 2. The minimum absolute atomic E-state index is 0.235. The van der Waals surface area contributed by atoms with E-state index in [1.165, 1.54) is 17.7 Å². The first kappa shape index (κ1) is 23.6. The maximum Gasteiger partial charge on any atom is 0.347 e. The first-order chi connectivity index (χ1) is 18.1. The summed E-state index contributed by atoms with van der Waals surface area (Å²) in [5, 5.41) is 9.10. The van der Waals surface area contributed by atoms with Gasteiger partial charge in [0.05, 0.1) is 11.1 Å². The van der Waals surface area contributed by atoms with Crippen molar-refractivity contribution in [1.82, 2.24) is 0 Å². The van der Waals surface area contributed by atoms with Crippen molar-refractivity contribution >= 4 is 11.9 Å². The zero-order valence-electron chi connectivity index (χ0n) is 19.7. The van der Waals surface area contributed by atoms with Crippen molar-refractivity contribution in [1.29, 1.82) is 0 Å². The first-order valence-electron chi connectivity index (χ1n) is 11.7. The summed E-state index contributed by atoms with van der Waals surface area (Å²) in [6, 6.07) is 39.7. The molecule has 0 saturated heterocycles. The third kappa shape index (κ3) is 5.57. The standard InChI is InChI=1S/C20H12O4.C12H10O/c21-19-17-11-10-16(12-18(17)20(22)24-19)23-15-8-6-14(7-9-15)13-4-2-1-3-5-13;13-12-8-6-11(7-9-12)10-4-2-1-3-5-10/h1-12H;1-9,13H. The molecule has 5 aromatic carbocycles. The Labute approximate surface area is 214 Å². The SMILES string of the molecule is O=C1OC(=O)c2cc(Oc3ccc(-c4ccccc4)cc3)ccc21.Oc1ccc(-c2ccccc2)cc1. The zero-order chi connectivity index (χ0) is 25.6. The highest BCUT2D eigenvalue weighted by Crippen LogP contribution is 2.29. The van der Waals surface area contributed by atoms with Gasteiger partial charge in [0.2, 0.25) is 0 Å². The van der Waals surface area contributed by atoms with E-state index in [0.29, 0.717) is 17.2 Å². The van der Waals surface area contributed by atoms with Gasteiger partial charge in [0.25, 0.3) is 0 Å². The average molecular weight is 487 g/mol. The Morgan fingerprint density at radius 1 is 0.486 bits per heavy atom. The van der Waals surface area contributed by atoms with Crippen LogP contribution in [0.2, 0.25) is 0 Å². The van der Waals surface area contributed by atoms with Crippen LogP contribution in [0.4, 0.5) is 0 Å². The van der Waals surface area contributed by atoms with Gasteiger partial charge in [0.1, 0.15) is 17.2 Å². The summed E-state index contributed by atoms with van der Waals surface area (Å²) in [6.45, 7) is 0. The van der Waals surface area contributed by atoms with E-state index in [9.17, 15) is 9.59 Å². The van der Waals surface area contributed by atoms with Gasteiger partial charge in [-0.15, -0.1) is 0 Å². The molecule has 1 aliphatic heterocycles. The molecule has 1 aliphatic rings. The van der Waals surface area contributed by atoms with Crippen LogP contribution in [-0.2, 0) is 4.74 Å². The molecule has 5 aromatic rings. The maximum atomic E-state index is 11.6. The molecule has 1 N–H and O–H groups in total. The van der Waals surface area contributed by atoms with E-state index in [1.807, 2.05) is 97.1 Å². The van der Waals surface area contributed by atoms with E-state index >= 15 is 0 Å². The Morgan fingerprint density at radius 2 is 0.946 bits per heavy atom. The highest BCUT2D eigenvalue weighted by atomic mass is 16.6. The highest BCUT2D eigenvalue weighted by Gasteiger charge is 2.29. The van der Waals surface area contributed by atoms with Crippen LogP contribution in [0, 0.1) is 0 Å². The van der Waals surface area contributed by atoms with Crippen LogP contribution in [0.25, 0.3) is 22.3 Å². The molecule has 180 valence electrons. The number of fused-ring (bicyclic) bond motifs is 1. The lowest BCUT2D eigenvalue weighted by molar-refractivity contribution is 0.0443. The normalized spacial score (nSPS) is 11.7. The fraction of sp³-hybridized carbons (Fsp3) is 0. The van der Waals surface area contributed by atoms with Gasteiger partial charge < -0.3 is 14.6 Å². The number of phenolic OH excluding ortho intramolecular Hbond substituents is 1. The number of benzene rings is 5. The Kier molecular flexibility index (Phi) is 6.77. The predicted octanol–water partition coefficient (Wildman–Crippen LogP) is 7.52. The molecule has 1 heterocycles. The molecule has 5 heteroatoms. The Balaban J connectivity index is 0.000000182. The maximum absolute atomic E-state index is 11.6. The molecule has 0 amide bonds. The summed E-state index contributed by atoms with van der Waals surface area (Å²) in [5.74, 6) is 0.175. The minimum atomic E-state index is -0.639. The second-order valence-electron chi connectivity index (χ2n) is 8.29. The Morgan fingerprint density at radius 3 is 1.51 bits per heavy atom. The number of aromatic hydroxyl groups is 1. The number of carbonyl (C=O) groups excluding carboxylic acids is 2. The van der Waals surface area contributed by atoms with Crippen LogP contribution in [0.15, 0.2) is 127 Å². The highest BCUT2D eigenvalue weighted by molar-refractivity contribution is 6.14. The zero-order valence-corrected chi connectivity index (χ0v) is 19.7. The van der Waals surface area contributed by atoms with Crippen LogP contribution in [0.1, 0.15) is 20.7 Å². The van der Waals surface area contributed by atoms with Crippen molar-refractivity contribution < 1.29 is 24.2 Å². The molecule has 0 bridgehead atoms. The lowest BCUT2D eigenvalue weighted by Gasteiger charge is -2.07. The van der Waals surface area contributed by atoms with E-state index in [-0.39, 0.29) is 11.1 Å². The number of ether oxygens (including phenoxy) is 2. The van der Waals surface area contributed by atoms with Crippen LogP contribution in [0.5, 0.6) is 17.2 Å². The van der Waals surface area contributed by atoms with Gasteiger partial charge in [0, 0.05) is 0 Å². The molecule has 5 nitrogen and oxygen atoms in total. The van der Waals surface area contributed by atoms with E-state index in [0.717, 1.165) is 16.7 Å². The molecule has 0 unspecified atom stereocenters. The molecule has 6 rings (SSSR count). The van der Waals surface area contributed by atoms with Crippen molar-refractivity contribution in [3.8, 4) is 39.5 Å². The smallest absolute Gasteiger partial charge is 0.347 e. The van der Waals surface area contributed by atoms with Gasteiger partial charge in [-0.25, -0.2) is 9.59 Å². The number of esters is 2. The van der Waals surface area contributed by atoms with E-state index in [4.69, 9.17) is 9.84 Å². The quantitative estimate of drug-likeness (QED) is 0.210. The minimum Gasteiger partial charge on any atom is -0.508 e. The molecule has 0 spiro atoms. The number of hydrogen-bond donors (Lipinski definition) is 1. The predicted molar refractivity (Wildman–Crippen MR) is 142 cm³/mol. The third-order valence-corrected chi connectivity index (χ3v) is 5.79. The largest absolute Gasteiger partial charge is 0.508 e. The molecular weight excluding hydrogens is 464 g/mol. The van der Waals surface area contributed by atoms with Crippen LogP contribution < -0.4 is 4.74 Å². The van der Waals surface area contributed by atoms with Gasteiger partial charge in [-0.3, -0.25) is 0 Å². The number of cyclic esters (lactones) is 2. The Hall–Kier alpha value is -5.16. The Bertz CT molecular complexity index is 1520. The van der Waals surface area contributed by atoms with Crippen molar-refractivity contribution in [3.05, 3.63) is 139 Å². The van der Waals surface area contributed by atoms with Crippen LogP contribution in [0.3, 0.4) is 0 Å². The van der Waals surface area contributed by atoms with Crippen LogP contribution >= 0.6 is 0 Å². The molecule has 0 saturated carbocycles. The van der Waals surface area contributed by atoms with Crippen molar-refractivity contribution in [2.24, 2.45) is 0 Å². The molecular formula is C32H22O5. The second kappa shape index (κ2) is 10.6. The van der Waals surface area contributed by atoms with Gasteiger partial charge in [0.15, 0.2) is 0 Å². The summed E-state index contributed by atoms with van der Waals surface area (Å²) in [7, 11) is 0. The van der Waals surface area contributed by atoms with E-state index in [1.54, 1.807) is 18.2 Å². The number of hydrogen-bond acceptors (Lipinski definition) is 5. The van der Waals surface area contributed by atoms with Crippen LogP contribution in [-0.4, -0.2) is 17.0 Å². The van der Waals surface area contributed by atoms with E-state index < -0.39 is 11.9 Å². The molecule has 0 aromatic heterocycles. The molecule has 0 radical (unpaired) electrons. The molecule has 0 fully saturated rings. The lowest BCUT2D eigenvalue weighted by Crippen LogP contribution is -1.96. The topological polar surface area (TPSA) is 72.8 Å². The summed E-state index contributed by atoms with van der Waals surface area (Å²) in [6.07, 6.45) is 0. The molecule has 0 aliphatic carbocycles. The summed E-state index contributed by atoms with van der Waals surface area (Å²) in [4.78, 5) is 23.0. The van der Waals surface area contributed by atoms with Crippen molar-refractivity contribution in [2.45, 2.75) is 0 Å². The first-order valence-corrected chi connectivity index (χ1v) is 11.7. The summed E-state index contributed by atoms with van der Waals surface area (Å²) >= 11 is 0. The third-order valence-electron chi connectivity index (χ3n) is 5.79.